The Labute approximate surface area is 78.7 Å². The van der Waals surface area contributed by atoms with Gasteiger partial charge >= 0.3 is 14.2 Å². The summed E-state index contributed by atoms with van der Waals surface area (Å²) in [5.41, 5.74) is -1.32. The lowest BCUT2D eigenvalue weighted by Gasteiger charge is -2.06. The SMILES string of the molecule is OB(O)c1cc(F)c(B(O)O)cc1F. The molecule has 0 aliphatic heterocycles. The number of benzene rings is 1. The first-order valence-corrected chi connectivity index (χ1v) is 3.64. The normalized spacial score (nSPS) is 10.1. The highest BCUT2D eigenvalue weighted by Crippen LogP contribution is 1.98. The van der Waals surface area contributed by atoms with Crippen LogP contribution in [-0.4, -0.2) is 34.3 Å². The zero-order chi connectivity index (χ0) is 10.9. The van der Waals surface area contributed by atoms with Crippen LogP contribution >= 0.6 is 0 Å². The van der Waals surface area contributed by atoms with Crippen molar-refractivity contribution in [3.05, 3.63) is 23.8 Å². The fourth-order valence-electron chi connectivity index (χ4n) is 0.973. The topological polar surface area (TPSA) is 80.9 Å². The van der Waals surface area contributed by atoms with Crippen molar-refractivity contribution in [1.29, 1.82) is 0 Å². The Kier molecular flexibility index (Phi) is 3.22. The Hall–Kier alpha value is -0.950. The lowest BCUT2D eigenvalue weighted by molar-refractivity contribution is 0.418. The van der Waals surface area contributed by atoms with E-state index < -0.39 is 36.8 Å². The van der Waals surface area contributed by atoms with Gasteiger partial charge in [-0.2, -0.15) is 0 Å². The minimum atomic E-state index is -2.14. The van der Waals surface area contributed by atoms with Crippen LogP contribution in [0.1, 0.15) is 0 Å². The second-order valence-corrected chi connectivity index (χ2v) is 2.64. The Morgan fingerprint density at radius 1 is 0.786 bits per heavy atom. The largest absolute Gasteiger partial charge is 0.491 e. The van der Waals surface area contributed by atoms with Crippen molar-refractivity contribution >= 4 is 25.2 Å². The third-order valence-corrected chi connectivity index (χ3v) is 1.67. The van der Waals surface area contributed by atoms with Crippen molar-refractivity contribution < 1.29 is 28.9 Å². The quantitative estimate of drug-likeness (QED) is 0.394. The van der Waals surface area contributed by atoms with E-state index in [9.17, 15) is 8.78 Å². The molecule has 14 heavy (non-hydrogen) atoms. The second kappa shape index (κ2) is 4.05. The third kappa shape index (κ3) is 2.10. The lowest BCUT2D eigenvalue weighted by Crippen LogP contribution is -2.39. The zero-order valence-electron chi connectivity index (χ0n) is 6.85. The monoisotopic (exact) mass is 202 g/mol. The Balaban J connectivity index is 3.24. The molecule has 0 fully saturated rings. The van der Waals surface area contributed by atoms with Gasteiger partial charge in [-0.3, -0.25) is 0 Å². The molecule has 4 N–H and O–H groups in total. The molecule has 0 radical (unpaired) electrons. The van der Waals surface area contributed by atoms with Crippen molar-refractivity contribution in [3.8, 4) is 0 Å². The van der Waals surface area contributed by atoms with Crippen LogP contribution in [0.4, 0.5) is 8.78 Å². The predicted molar refractivity (Wildman–Crippen MR) is 46.0 cm³/mol. The number of hydrogen-bond acceptors (Lipinski definition) is 4. The summed E-state index contributed by atoms with van der Waals surface area (Å²) in [6, 6.07) is 0.990. The number of rotatable bonds is 2. The Morgan fingerprint density at radius 2 is 1.07 bits per heavy atom. The lowest BCUT2D eigenvalue weighted by atomic mass is 9.74. The van der Waals surface area contributed by atoms with E-state index in [1.807, 2.05) is 0 Å². The first kappa shape index (κ1) is 11.1. The van der Waals surface area contributed by atoms with Gasteiger partial charge in [0.1, 0.15) is 11.6 Å². The molecule has 8 heteroatoms. The maximum absolute atomic E-state index is 12.9. The molecule has 0 bridgehead atoms. The zero-order valence-corrected chi connectivity index (χ0v) is 6.85. The van der Waals surface area contributed by atoms with Gasteiger partial charge < -0.3 is 20.1 Å². The summed E-state index contributed by atoms with van der Waals surface area (Å²) in [7, 11) is -4.29. The summed E-state index contributed by atoms with van der Waals surface area (Å²) < 4.78 is 25.9. The molecule has 0 atom stereocenters. The molecule has 0 aliphatic rings. The minimum absolute atomic E-state index is 0.495. The number of hydrogen-bond donors (Lipinski definition) is 4. The highest BCUT2D eigenvalue weighted by molar-refractivity contribution is 6.60. The fraction of sp³-hybridized carbons (Fsp3) is 0. The van der Waals surface area contributed by atoms with Crippen molar-refractivity contribution in [2.75, 3.05) is 0 Å². The van der Waals surface area contributed by atoms with E-state index in [1.54, 1.807) is 0 Å². The molecule has 0 heterocycles. The fourth-order valence-corrected chi connectivity index (χ4v) is 0.973. The maximum atomic E-state index is 12.9. The molecule has 0 amide bonds. The smallest absolute Gasteiger partial charge is 0.423 e. The van der Waals surface area contributed by atoms with E-state index in [1.165, 1.54) is 0 Å². The summed E-state index contributed by atoms with van der Waals surface area (Å²) in [5.74, 6) is -2.24. The standard InChI is InChI=1S/C6H6B2F2O4/c9-5-1-3(7(11)12)6(10)2-4(5)8(13)14/h1-2,11-14H. The van der Waals surface area contributed by atoms with Gasteiger partial charge in [0.2, 0.25) is 0 Å². The van der Waals surface area contributed by atoms with Gasteiger partial charge in [0.05, 0.1) is 0 Å². The van der Waals surface area contributed by atoms with Gasteiger partial charge in [-0.15, -0.1) is 0 Å². The van der Waals surface area contributed by atoms with Crippen molar-refractivity contribution in [3.63, 3.8) is 0 Å². The van der Waals surface area contributed by atoms with Crippen LogP contribution in [0.5, 0.6) is 0 Å². The Bertz CT molecular complexity index is 311. The van der Waals surface area contributed by atoms with Crippen LogP contribution in [0.15, 0.2) is 12.1 Å². The molecule has 1 rings (SSSR count). The van der Waals surface area contributed by atoms with Gasteiger partial charge in [0.25, 0.3) is 0 Å². The summed E-state index contributed by atoms with van der Waals surface area (Å²) in [6.45, 7) is 0. The molecule has 0 aliphatic carbocycles. The van der Waals surface area contributed by atoms with Crippen LogP contribution in [0.25, 0.3) is 0 Å². The molecule has 0 spiro atoms. The van der Waals surface area contributed by atoms with E-state index in [-0.39, 0.29) is 0 Å². The molecule has 4 nitrogen and oxygen atoms in total. The molecule has 74 valence electrons. The van der Waals surface area contributed by atoms with Gasteiger partial charge in [0.15, 0.2) is 0 Å². The van der Waals surface area contributed by atoms with E-state index in [0.717, 1.165) is 0 Å². The molecular formula is C6H6B2F2O4. The van der Waals surface area contributed by atoms with Gasteiger partial charge in [-0.05, 0) is 12.1 Å². The van der Waals surface area contributed by atoms with E-state index in [2.05, 4.69) is 0 Å². The molecule has 0 saturated carbocycles. The summed E-state index contributed by atoms with van der Waals surface area (Å²) in [6.07, 6.45) is 0. The first-order valence-electron chi connectivity index (χ1n) is 3.64. The van der Waals surface area contributed by atoms with Crippen LogP contribution < -0.4 is 10.9 Å². The molecule has 1 aromatic rings. The van der Waals surface area contributed by atoms with Gasteiger partial charge in [0, 0.05) is 10.9 Å². The van der Waals surface area contributed by atoms with Crippen molar-refractivity contribution in [1.82, 2.24) is 0 Å². The number of halogens is 2. The second-order valence-electron chi connectivity index (χ2n) is 2.64. The van der Waals surface area contributed by atoms with E-state index in [0.29, 0.717) is 12.1 Å². The first-order chi connectivity index (χ1) is 6.43. The van der Waals surface area contributed by atoms with Gasteiger partial charge in [-0.1, -0.05) is 0 Å². The van der Waals surface area contributed by atoms with Crippen molar-refractivity contribution in [2.45, 2.75) is 0 Å². The van der Waals surface area contributed by atoms with E-state index >= 15 is 0 Å². The molecule has 1 aromatic carbocycles. The van der Waals surface area contributed by atoms with Gasteiger partial charge in [-0.25, -0.2) is 8.78 Å². The van der Waals surface area contributed by atoms with Crippen LogP contribution in [-0.2, 0) is 0 Å². The van der Waals surface area contributed by atoms with Crippen LogP contribution in [0.3, 0.4) is 0 Å². The highest BCUT2D eigenvalue weighted by atomic mass is 19.1. The summed E-state index contributed by atoms with van der Waals surface area (Å²) >= 11 is 0. The van der Waals surface area contributed by atoms with E-state index in [4.69, 9.17) is 20.1 Å². The Morgan fingerprint density at radius 3 is 1.29 bits per heavy atom. The predicted octanol–water partition coefficient (Wildman–Crippen LogP) is -2.68. The maximum Gasteiger partial charge on any atom is 0.491 e. The highest BCUT2D eigenvalue weighted by Gasteiger charge is 2.23. The molecule has 0 unspecified atom stereocenters. The molecular weight excluding hydrogens is 196 g/mol. The third-order valence-electron chi connectivity index (χ3n) is 1.67. The van der Waals surface area contributed by atoms with Crippen LogP contribution in [0.2, 0.25) is 0 Å². The van der Waals surface area contributed by atoms with Crippen LogP contribution in [0, 0.1) is 11.6 Å². The molecule has 0 saturated heterocycles. The molecule has 0 aromatic heterocycles. The van der Waals surface area contributed by atoms with Crippen molar-refractivity contribution in [2.24, 2.45) is 0 Å². The summed E-state index contributed by atoms with van der Waals surface area (Å²) in [5, 5.41) is 34.3. The summed E-state index contributed by atoms with van der Waals surface area (Å²) in [4.78, 5) is 0. The average Bonchev–Trinajstić information content (AvgIpc) is 2.07. The average molecular weight is 202 g/mol. The minimum Gasteiger partial charge on any atom is -0.423 e.